The first-order valence-electron chi connectivity index (χ1n) is 5.77. The third-order valence-electron chi connectivity index (χ3n) is 2.67. The molecule has 1 heterocycles. The molecule has 0 spiro atoms. The lowest BCUT2D eigenvalue weighted by molar-refractivity contribution is -0.130. The van der Waals surface area contributed by atoms with E-state index >= 15 is 0 Å². The summed E-state index contributed by atoms with van der Waals surface area (Å²) in [5.74, 6) is -0.941. The Labute approximate surface area is 116 Å². The molecule has 1 aromatic rings. The first kappa shape index (κ1) is 15.2. The molecule has 0 fully saturated rings. The van der Waals surface area contributed by atoms with Crippen LogP contribution in [0.15, 0.2) is 12.3 Å². The molecular formula is C12H16ClN3O3. The summed E-state index contributed by atoms with van der Waals surface area (Å²) in [5, 5.41) is 11.9. The lowest BCUT2D eigenvalue weighted by Crippen LogP contribution is -2.39. The Hall–Kier alpha value is -1.82. The van der Waals surface area contributed by atoms with Gasteiger partial charge in [0.15, 0.2) is 0 Å². The third-order valence-corrected chi connectivity index (χ3v) is 2.97. The second-order valence-corrected chi connectivity index (χ2v) is 4.48. The molecule has 104 valence electrons. The number of rotatable bonds is 5. The fourth-order valence-electron chi connectivity index (χ4n) is 1.45. The summed E-state index contributed by atoms with van der Waals surface area (Å²) >= 11 is 5.72. The minimum absolute atomic E-state index is 0.0531. The zero-order valence-electron chi connectivity index (χ0n) is 11.0. The van der Waals surface area contributed by atoms with Crippen molar-refractivity contribution in [2.24, 2.45) is 0 Å². The molecule has 1 aromatic heterocycles. The zero-order chi connectivity index (χ0) is 14.6. The minimum Gasteiger partial charge on any atom is -0.478 e. The van der Waals surface area contributed by atoms with Crippen molar-refractivity contribution in [3.05, 3.63) is 22.8 Å². The van der Waals surface area contributed by atoms with Gasteiger partial charge in [0.25, 0.3) is 0 Å². The van der Waals surface area contributed by atoms with Crippen molar-refractivity contribution in [2.45, 2.75) is 19.9 Å². The van der Waals surface area contributed by atoms with Gasteiger partial charge in [-0.3, -0.25) is 4.79 Å². The number of halogens is 1. The van der Waals surface area contributed by atoms with Crippen LogP contribution in [-0.2, 0) is 4.79 Å². The molecule has 1 atom stereocenters. The van der Waals surface area contributed by atoms with Crippen LogP contribution < -0.4 is 5.32 Å². The number of pyridine rings is 1. The molecule has 0 saturated heterocycles. The first-order valence-corrected chi connectivity index (χ1v) is 6.15. The Morgan fingerprint density at radius 2 is 2.21 bits per heavy atom. The van der Waals surface area contributed by atoms with Crippen molar-refractivity contribution >= 4 is 29.3 Å². The van der Waals surface area contributed by atoms with E-state index in [0.717, 1.165) is 0 Å². The fraction of sp³-hybridized carbons (Fsp3) is 0.417. The summed E-state index contributed by atoms with van der Waals surface area (Å²) in [6, 6.07) is 0.806. The van der Waals surface area contributed by atoms with E-state index in [1.54, 1.807) is 18.9 Å². The molecule has 19 heavy (non-hydrogen) atoms. The van der Waals surface area contributed by atoms with Gasteiger partial charge in [0.2, 0.25) is 5.91 Å². The second-order valence-electron chi connectivity index (χ2n) is 4.07. The maximum Gasteiger partial charge on any atom is 0.337 e. The van der Waals surface area contributed by atoms with E-state index in [-0.39, 0.29) is 16.5 Å². The Kier molecular flexibility index (Phi) is 5.11. The van der Waals surface area contributed by atoms with Crippen molar-refractivity contribution < 1.29 is 14.7 Å². The number of aromatic carboxylic acids is 1. The van der Waals surface area contributed by atoms with Crippen molar-refractivity contribution in [3.8, 4) is 0 Å². The number of nitrogens with one attached hydrogen (secondary N) is 1. The number of carboxylic acid groups (broad SMARTS) is 1. The van der Waals surface area contributed by atoms with Gasteiger partial charge in [0, 0.05) is 19.8 Å². The predicted molar refractivity (Wildman–Crippen MR) is 72.6 cm³/mol. The second kappa shape index (κ2) is 6.38. The molecule has 0 saturated carbocycles. The number of carboxylic acids is 1. The lowest BCUT2D eigenvalue weighted by atomic mass is 10.2. The molecule has 1 rings (SSSR count). The van der Waals surface area contributed by atoms with Crippen LogP contribution in [0.25, 0.3) is 0 Å². The van der Waals surface area contributed by atoms with E-state index in [0.29, 0.717) is 12.4 Å². The average Bonchev–Trinajstić information content (AvgIpc) is 2.38. The van der Waals surface area contributed by atoms with Gasteiger partial charge in [-0.25, -0.2) is 9.78 Å². The van der Waals surface area contributed by atoms with Crippen LogP contribution in [0.4, 0.5) is 5.82 Å². The number of hydrogen-bond acceptors (Lipinski definition) is 4. The Morgan fingerprint density at radius 1 is 1.58 bits per heavy atom. The number of anilines is 1. The molecule has 0 aliphatic heterocycles. The number of likely N-dealkylation sites (N-methyl/N-ethyl adjacent to an activating group) is 1. The highest BCUT2D eigenvalue weighted by molar-refractivity contribution is 6.33. The summed E-state index contributed by atoms with van der Waals surface area (Å²) in [5.41, 5.74) is -0.0531. The fourth-order valence-corrected chi connectivity index (χ4v) is 1.64. The van der Waals surface area contributed by atoms with Crippen molar-refractivity contribution in [1.29, 1.82) is 0 Å². The topological polar surface area (TPSA) is 82.5 Å². The summed E-state index contributed by atoms with van der Waals surface area (Å²) < 4.78 is 0. The normalized spacial score (nSPS) is 11.8. The number of amides is 1. The quantitative estimate of drug-likeness (QED) is 0.860. The van der Waals surface area contributed by atoms with Crippen molar-refractivity contribution in [1.82, 2.24) is 9.88 Å². The van der Waals surface area contributed by atoms with Crippen LogP contribution >= 0.6 is 11.6 Å². The van der Waals surface area contributed by atoms with Gasteiger partial charge < -0.3 is 15.3 Å². The first-order chi connectivity index (χ1) is 8.86. The Morgan fingerprint density at radius 3 is 2.74 bits per heavy atom. The van der Waals surface area contributed by atoms with Gasteiger partial charge in [-0.2, -0.15) is 0 Å². The molecule has 1 amide bonds. The SMILES string of the molecule is CCN(C)C(=O)C(C)Nc1cc(C(=O)O)c(Cl)cn1. The van der Waals surface area contributed by atoms with E-state index in [1.807, 2.05) is 6.92 Å². The minimum atomic E-state index is -1.14. The summed E-state index contributed by atoms with van der Waals surface area (Å²) in [6.07, 6.45) is 1.24. The van der Waals surface area contributed by atoms with Gasteiger partial charge >= 0.3 is 5.97 Å². The number of aromatic nitrogens is 1. The molecule has 0 bridgehead atoms. The van der Waals surface area contributed by atoms with Gasteiger partial charge in [0.05, 0.1) is 10.6 Å². The molecule has 2 N–H and O–H groups in total. The van der Waals surface area contributed by atoms with Gasteiger partial charge in [-0.05, 0) is 19.9 Å². The van der Waals surface area contributed by atoms with E-state index in [2.05, 4.69) is 10.3 Å². The van der Waals surface area contributed by atoms with Crippen LogP contribution in [0, 0.1) is 0 Å². The number of hydrogen-bond donors (Lipinski definition) is 2. The molecule has 6 nitrogen and oxygen atoms in total. The summed E-state index contributed by atoms with van der Waals surface area (Å²) in [6.45, 7) is 4.15. The maximum absolute atomic E-state index is 11.9. The van der Waals surface area contributed by atoms with Crippen LogP contribution in [0.2, 0.25) is 5.02 Å². The smallest absolute Gasteiger partial charge is 0.337 e. The number of nitrogens with zero attached hydrogens (tertiary/aromatic N) is 2. The molecule has 0 radical (unpaired) electrons. The third kappa shape index (κ3) is 3.82. The standard InChI is InChI=1S/C12H16ClN3O3/c1-4-16(3)11(17)7(2)15-10-5-8(12(18)19)9(13)6-14-10/h5-7H,4H2,1-3H3,(H,14,15)(H,18,19). The molecule has 0 aliphatic rings. The highest BCUT2D eigenvalue weighted by Gasteiger charge is 2.18. The van der Waals surface area contributed by atoms with Crippen LogP contribution in [0.1, 0.15) is 24.2 Å². The highest BCUT2D eigenvalue weighted by atomic mass is 35.5. The predicted octanol–water partition coefficient (Wildman–Crippen LogP) is 1.71. The van der Waals surface area contributed by atoms with Crippen LogP contribution in [-0.4, -0.2) is 46.5 Å². The number of carbonyl (C=O) groups excluding carboxylic acids is 1. The Balaban J connectivity index is 2.86. The van der Waals surface area contributed by atoms with Crippen molar-refractivity contribution in [3.63, 3.8) is 0 Å². The molecular weight excluding hydrogens is 270 g/mol. The Bertz CT molecular complexity index is 493. The van der Waals surface area contributed by atoms with E-state index in [1.165, 1.54) is 12.3 Å². The maximum atomic E-state index is 11.9. The van der Waals surface area contributed by atoms with Gasteiger partial charge in [-0.15, -0.1) is 0 Å². The van der Waals surface area contributed by atoms with E-state index in [4.69, 9.17) is 16.7 Å². The van der Waals surface area contributed by atoms with Crippen LogP contribution in [0.5, 0.6) is 0 Å². The van der Waals surface area contributed by atoms with Crippen LogP contribution in [0.3, 0.4) is 0 Å². The molecule has 0 aliphatic carbocycles. The van der Waals surface area contributed by atoms with E-state index in [9.17, 15) is 9.59 Å². The average molecular weight is 286 g/mol. The molecule has 7 heteroatoms. The highest BCUT2D eigenvalue weighted by Crippen LogP contribution is 2.18. The zero-order valence-corrected chi connectivity index (χ0v) is 11.7. The molecule has 0 aromatic carbocycles. The molecule has 1 unspecified atom stereocenters. The van der Waals surface area contributed by atoms with Gasteiger partial charge in [0.1, 0.15) is 11.9 Å². The monoisotopic (exact) mass is 285 g/mol. The number of carbonyl (C=O) groups is 2. The largest absolute Gasteiger partial charge is 0.478 e. The van der Waals surface area contributed by atoms with Gasteiger partial charge in [-0.1, -0.05) is 11.6 Å². The summed E-state index contributed by atoms with van der Waals surface area (Å²) in [4.78, 5) is 28.3. The van der Waals surface area contributed by atoms with Crippen molar-refractivity contribution in [2.75, 3.05) is 18.9 Å². The lowest BCUT2D eigenvalue weighted by Gasteiger charge is -2.21. The summed E-state index contributed by atoms with van der Waals surface area (Å²) in [7, 11) is 1.69. The van der Waals surface area contributed by atoms with E-state index < -0.39 is 12.0 Å².